The molecule has 1 rings (SSSR count). The van der Waals surface area contributed by atoms with Gasteiger partial charge < -0.3 is 14.9 Å². The van der Waals surface area contributed by atoms with Crippen LogP contribution in [0.4, 0.5) is 4.39 Å². The Bertz CT molecular complexity index is 425. The van der Waals surface area contributed by atoms with Gasteiger partial charge in [-0.1, -0.05) is 22.0 Å². The first-order valence-corrected chi connectivity index (χ1v) is 6.52. The van der Waals surface area contributed by atoms with Crippen molar-refractivity contribution in [1.29, 1.82) is 0 Å². The molecule has 4 nitrogen and oxygen atoms in total. The topological polar surface area (TPSA) is 66.8 Å². The maximum atomic E-state index is 13.4. The van der Waals surface area contributed by atoms with E-state index in [1.807, 2.05) is 0 Å². The van der Waals surface area contributed by atoms with E-state index in [-0.39, 0.29) is 23.1 Å². The molecule has 0 fully saturated rings. The van der Waals surface area contributed by atoms with Crippen LogP contribution >= 0.6 is 15.9 Å². The van der Waals surface area contributed by atoms with E-state index >= 15 is 0 Å². The lowest BCUT2D eigenvalue weighted by Gasteiger charge is -2.16. The summed E-state index contributed by atoms with van der Waals surface area (Å²) in [5, 5.41) is 19.4. The number of carbonyl (C=O) groups is 1. The molecule has 2 unspecified atom stereocenters. The largest absolute Gasteiger partial charge is 0.462 e. The fraction of sp³-hybridized carbons (Fsp3) is 0.417. The Kier molecular flexibility index (Phi) is 5.71. The smallest absolute Gasteiger partial charge is 0.341 e. The molecule has 1 aromatic carbocycles. The van der Waals surface area contributed by atoms with Crippen molar-refractivity contribution in [3.63, 3.8) is 0 Å². The molecule has 0 heterocycles. The number of ether oxygens (including phenoxy) is 1. The molecule has 0 radical (unpaired) electrons. The van der Waals surface area contributed by atoms with Crippen LogP contribution in [-0.2, 0) is 4.74 Å². The molecule has 0 aliphatic rings. The second kappa shape index (κ2) is 6.82. The van der Waals surface area contributed by atoms with Gasteiger partial charge >= 0.3 is 5.97 Å². The number of aliphatic hydroxyl groups excluding tert-OH is 2. The number of alkyl halides is 1. The standard InChI is InChI=1S/C12H14BrFO4/c1-2-18-12(17)8-5-7(3-4-9(8)14)11(16)10(15)6-13/h3-5,10-11,15-16H,2,6H2,1H3. The molecule has 6 heteroatoms. The highest BCUT2D eigenvalue weighted by molar-refractivity contribution is 9.09. The summed E-state index contributed by atoms with van der Waals surface area (Å²) < 4.78 is 18.1. The quantitative estimate of drug-likeness (QED) is 0.641. The normalized spacial score (nSPS) is 14.1. The monoisotopic (exact) mass is 320 g/mol. The van der Waals surface area contributed by atoms with Crippen LogP contribution in [0.3, 0.4) is 0 Å². The van der Waals surface area contributed by atoms with Crippen LogP contribution in [0.5, 0.6) is 0 Å². The first kappa shape index (κ1) is 15.1. The Morgan fingerprint density at radius 2 is 2.17 bits per heavy atom. The van der Waals surface area contributed by atoms with Crippen LogP contribution in [-0.4, -0.2) is 34.2 Å². The number of hydrogen-bond donors (Lipinski definition) is 2. The molecule has 2 N–H and O–H groups in total. The molecule has 0 saturated heterocycles. The maximum Gasteiger partial charge on any atom is 0.341 e. The number of esters is 1. The molecular weight excluding hydrogens is 307 g/mol. The van der Waals surface area contributed by atoms with Crippen molar-refractivity contribution in [2.75, 3.05) is 11.9 Å². The third kappa shape index (κ3) is 3.51. The Labute approximate surface area is 113 Å². The van der Waals surface area contributed by atoms with Gasteiger partial charge in [0.05, 0.1) is 18.3 Å². The van der Waals surface area contributed by atoms with Crippen molar-refractivity contribution in [2.24, 2.45) is 0 Å². The number of aliphatic hydroxyl groups is 2. The SMILES string of the molecule is CCOC(=O)c1cc(C(O)C(O)CBr)ccc1F. The van der Waals surface area contributed by atoms with E-state index in [4.69, 9.17) is 4.74 Å². The van der Waals surface area contributed by atoms with Gasteiger partial charge in [0.25, 0.3) is 0 Å². The fourth-order valence-electron chi connectivity index (χ4n) is 1.40. The summed E-state index contributed by atoms with van der Waals surface area (Å²) in [6.07, 6.45) is -2.23. The van der Waals surface area contributed by atoms with E-state index in [0.717, 1.165) is 6.07 Å². The summed E-state index contributed by atoms with van der Waals surface area (Å²) >= 11 is 3.02. The van der Waals surface area contributed by atoms with Crippen molar-refractivity contribution in [1.82, 2.24) is 0 Å². The van der Waals surface area contributed by atoms with Crippen LogP contribution in [0.2, 0.25) is 0 Å². The summed E-state index contributed by atoms with van der Waals surface area (Å²) in [7, 11) is 0. The molecule has 0 aliphatic carbocycles. The molecule has 0 spiro atoms. The van der Waals surface area contributed by atoms with Gasteiger partial charge in [0.1, 0.15) is 11.9 Å². The Balaban J connectivity index is 3.03. The molecule has 0 saturated carbocycles. The van der Waals surface area contributed by atoms with Crippen molar-refractivity contribution in [3.05, 3.63) is 35.1 Å². The minimum atomic E-state index is -1.20. The summed E-state index contributed by atoms with van der Waals surface area (Å²) in [6, 6.07) is 3.56. The Morgan fingerprint density at radius 1 is 1.50 bits per heavy atom. The van der Waals surface area contributed by atoms with E-state index in [0.29, 0.717) is 0 Å². The molecule has 18 heavy (non-hydrogen) atoms. The molecular formula is C12H14BrFO4. The molecule has 0 bridgehead atoms. The highest BCUT2D eigenvalue weighted by atomic mass is 79.9. The van der Waals surface area contributed by atoms with E-state index in [9.17, 15) is 19.4 Å². The van der Waals surface area contributed by atoms with Gasteiger partial charge in [-0.25, -0.2) is 9.18 Å². The van der Waals surface area contributed by atoms with Gasteiger partial charge in [-0.15, -0.1) is 0 Å². The number of hydrogen-bond acceptors (Lipinski definition) is 4. The van der Waals surface area contributed by atoms with Crippen molar-refractivity contribution in [2.45, 2.75) is 19.1 Å². The first-order chi connectivity index (χ1) is 8.51. The van der Waals surface area contributed by atoms with Crippen LogP contribution in [0.1, 0.15) is 28.9 Å². The summed E-state index contributed by atoms with van der Waals surface area (Å²) in [5.41, 5.74) is 0.00146. The van der Waals surface area contributed by atoms with E-state index in [1.54, 1.807) is 6.92 Å². The zero-order valence-corrected chi connectivity index (χ0v) is 11.4. The van der Waals surface area contributed by atoms with Gasteiger partial charge in [0.2, 0.25) is 0 Å². The van der Waals surface area contributed by atoms with Gasteiger partial charge in [-0.2, -0.15) is 0 Å². The Morgan fingerprint density at radius 3 is 2.72 bits per heavy atom. The zero-order valence-electron chi connectivity index (χ0n) is 9.77. The van der Waals surface area contributed by atoms with Gasteiger partial charge in [0.15, 0.2) is 0 Å². The average molecular weight is 321 g/mol. The van der Waals surface area contributed by atoms with Crippen molar-refractivity contribution >= 4 is 21.9 Å². The lowest BCUT2D eigenvalue weighted by molar-refractivity contribution is 0.0339. The van der Waals surface area contributed by atoms with Gasteiger partial charge in [-0.3, -0.25) is 0 Å². The van der Waals surface area contributed by atoms with Gasteiger partial charge in [-0.05, 0) is 24.6 Å². The maximum absolute atomic E-state index is 13.4. The summed E-state index contributed by atoms with van der Waals surface area (Å²) in [6.45, 7) is 1.75. The number of halogens is 2. The molecule has 2 atom stereocenters. The highest BCUT2D eigenvalue weighted by Crippen LogP contribution is 2.21. The fourth-order valence-corrected chi connectivity index (χ4v) is 1.75. The van der Waals surface area contributed by atoms with Gasteiger partial charge in [0, 0.05) is 5.33 Å². The zero-order chi connectivity index (χ0) is 13.7. The van der Waals surface area contributed by atoms with Crippen LogP contribution in [0.15, 0.2) is 18.2 Å². The lowest BCUT2D eigenvalue weighted by Crippen LogP contribution is -2.20. The minimum absolute atomic E-state index is 0.134. The van der Waals surface area contributed by atoms with E-state index in [2.05, 4.69) is 15.9 Å². The van der Waals surface area contributed by atoms with Crippen LogP contribution in [0, 0.1) is 5.82 Å². The average Bonchev–Trinajstić information content (AvgIpc) is 2.37. The molecule has 100 valence electrons. The first-order valence-electron chi connectivity index (χ1n) is 5.39. The molecule has 0 aromatic heterocycles. The van der Waals surface area contributed by atoms with Crippen molar-refractivity contribution in [3.8, 4) is 0 Å². The van der Waals surface area contributed by atoms with Crippen molar-refractivity contribution < 1.29 is 24.1 Å². The minimum Gasteiger partial charge on any atom is -0.462 e. The molecule has 0 aliphatic heterocycles. The summed E-state index contributed by atoms with van der Waals surface area (Å²) in [5.74, 6) is -1.52. The van der Waals surface area contributed by atoms with E-state index < -0.39 is 24.0 Å². The number of rotatable bonds is 5. The van der Waals surface area contributed by atoms with E-state index in [1.165, 1.54) is 12.1 Å². The van der Waals surface area contributed by atoms with Crippen LogP contribution < -0.4 is 0 Å². The number of carbonyl (C=O) groups excluding carboxylic acids is 1. The van der Waals surface area contributed by atoms with Crippen LogP contribution in [0.25, 0.3) is 0 Å². The third-order valence-electron chi connectivity index (χ3n) is 2.35. The second-order valence-electron chi connectivity index (χ2n) is 3.63. The lowest BCUT2D eigenvalue weighted by atomic mass is 10.0. The molecule has 0 amide bonds. The second-order valence-corrected chi connectivity index (χ2v) is 4.27. The Hall–Kier alpha value is -0.980. The molecule has 1 aromatic rings. The third-order valence-corrected chi connectivity index (χ3v) is 3.01. The summed E-state index contributed by atoms with van der Waals surface area (Å²) in [4.78, 5) is 11.5. The predicted octanol–water partition coefficient (Wildman–Crippen LogP) is 1.79. The predicted molar refractivity (Wildman–Crippen MR) is 67.1 cm³/mol. The highest BCUT2D eigenvalue weighted by Gasteiger charge is 2.21. The number of benzene rings is 1.